The number of carbonyl (C=O) groups is 1. The zero-order chi connectivity index (χ0) is 13.2. The minimum absolute atomic E-state index is 0.247. The maximum Gasteiger partial charge on any atom is 0.291 e. The average molecular weight is 318 g/mol. The minimum Gasteiger partial charge on any atom is -0.451 e. The first-order chi connectivity index (χ1) is 9.22. The molecule has 0 spiro atoms. The molecule has 0 fully saturated rings. The number of halogens is 1. The van der Waals surface area contributed by atoms with Gasteiger partial charge in [-0.15, -0.1) is 0 Å². The number of fused-ring (bicyclic) bond motifs is 1. The lowest BCUT2D eigenvalue weighted by atomic mass is 10.2. The maximum absolute atomic E-state index is 12.0. The largest absolute Gasteiger partial charge is 0.451 e. The summed E-state index contributed by atoms with van der Waals surface area (Å²) in [5.74, 6) is -0.0842. The molecule has 0 bridgehead atoms. The van der Waals surface area contributed by atoms with Crippen molar-refractivity contribution >= 4 is 38.5 Å². The molecule has 3 rings (SSSR count). The van der Waals surface area contributed by atoms with Crippen LogP contribution in [0.15, 0.2) is 51.9 Å². The predicted molar refractivity (Wildman–Crippen MR) is 73.9 cm³/mol. The lowest BCUT2D eigenvalue weighted by molar-refractivity contribution is 0.0998. The van der Waals surface area contributed by atoms with Gasteiger partial charge in [0.15, 0.2) is 5.76 Å². The number of anilines is 1. The summed E-state index contributed by atoms with van der Waals surface area (Å²) in [5, 5.41) is 3.54. The van der Waals surface area contributed by atoms with Crippen molar-refractivity contribution in [3.63, 3.8) is 0 Å². The quantitative estimate of drug-likeness (QED) is 0.787. The molecule has 1 amide bonds. The second-order valence-corrected chi connectivity index (χ2v) is 4.79. The molecule has 5 nitrogen and oxygen atoms in total. The lowest BCUT2D eigenvalue weighted by Gasteiger charge is -2.00. The third kappa shape index (κ3) is 2.48. The van der Waals surface area contributed by atoms with Crippen LogP contribution in [-0.4, -0.2) is 15.9 Å². The van der Waals surface area contributed by atoms with Gasteiger partial charge in [0.25, 0.3) is 5.91 Å². The predicted octanol–water partition coefficient (Wildman–Crippen LogP) is 3.24. The van der Waals surface area contributed by atoms with Gasteiger partial charge < -0.3 is 9.73 Å². The highest BCUT2D eigenvalue weighted by atomic mass is 79.9. The van der Waals surface area contributed by atoms with Gasteiger partial charge >= 0.3 is 0 Å². The summed E-state index contributed by atoms with van der Waals surface area (Å²) in [7, 11) is 0. The van der Waals surface area contributed by atoms with Crippen molar-refractivity contribution in [1.29, 1.82) is 0 Å². The van der Waals surface area contributed by atoms with E-state index in [0.29, 0.717) is 11.3 Å². The molecule has 3 aromatic rings. The Labute approximate surface area is 116 Å². The highest BCUT2D eigenvalue weighted by molar-refractivity contribution is 9.10. The molecule has 6 heteroatoms. The number of hydrogen-bond acceptors (Lipinski definition) is 4. The van der Waals surface area contributed by atoms with E-state index in [4.69, 9.17) is 4.42 Å². The molecule has 0 aliphatic rings. The number of amides is 1. The Kier molecular flexibility index (Phi) is 3.00. The van der Waals surface area contributed by atoms with Gasteiger partial charge in [-0.25, -0.2) is 9.97 Å². The SMILES string of the molecule is O=C(Nc1cncnc1)c1cc2ccc(Br)cc2o1. The van der Waals surface area contributed by atoms with Crippen LogP contribution in [0.5, 0.6) is 0 Å². The second-order valence-electron chi connectivity index (χ2n) is 3.87. The third-order valence-electron chi connectivity index (χ3n) is 2.52. The second kappa shape index (κ2) is 4.81. The molecule has 2 heterocycles. The molecule has 1 N–H and O–H groups in total. The number of rotatable bonds is 2. The van der Waals surface area contributed by atoms with E-state index in [1.807, 2.05) is 18.2 Å². The maximum atomic E-state index is 12.0. The monoisotopic (exact) mass is 317 g/mol. The normalized spacial score (nSPS) is 10.6. The van der Waals surface area contributed by atoms with Crippen LogP contribution in [0.4, 0.5) is 5.69 Å². The number of nitrogens with zero attached hydrogens (tertiary/aromatic N) is 2. The van der Waals surface area contributed by atoms with Gasteiger partial charge in [0, 0.05) is 9.86 Å². The highest BCUT2D eigenvalue weighted by Crippen LogP contribution is 2.23. The van der Waals surface area contributed by atoms with Crippen molar-refractivity contribution in [2.24, 2.45) is 0 Å². The fourth-order valence-corrected chi connectivity index (χ4v) is 2.01. The first kappa shape index (κ1) is 11.9. The van der Waals surface area contributed by atoms with Crippen LogP contribution in [0.25, 0.3) is 11.0 Å². The standard InChI is InChI=1S/C13H8BrN3O2/c14-9-2-1-8-3-12(19-11(8)4-9)13(18)17-10-5-15-7-16-6-10/h1-7H,(H,17,18). The number of hydrogen-bond donors (Lipinski definition) is 1. The van der Waals surface area contributed by atoms with Gasteiger partial charge in [0.05, 0.1) is 18.1 Å². The summed E-state index contributed by atoms with van der Waals surface area (Å²) < 4.78 is 6.40. The van der Waals surface area contributed by atoms with E-state index < -0.39 is 0 Å². The summed E-state index contributed by atoms with van der Waals surface area (Å²) in [6, 6.07) is 7.29. The lowest BCUT2D eigenvalue weighted by Crippen LogP contribution is -2.11. The highest BCUT2D eigenvalue weighted by Gasteiger charge is 2.12. The van der Waals surface area contributed by atoms with E-state index in [9.17, 15) is 4.79 Å². The molecular formula is C13H8BrN3O2. The summed E-state index contributed by atoms with van der Waals surface area (Å²) in [6.07, 6.45) is 4.43. The molecular weight excluding hydrogens is 310 g/mol. The molecule has 0 aliphatic carbocycles. The number of aromatic nitrogens is 2. The molecule has 0 saturated carbocycles. The number of carbonyl (C=O) groups excluding carboxylic acids is 1. The Balaban J connectivity index is 1.89. The molecule has 2 aromatic heterocycles. The zero-order valence-corrected chi connectivity index (χ0v) is 11.2. The van der Waals surface area contributed by atoms with Gasteiger partial charge in [-0.2, -0.15) is 0 Å². The average Bonchev–Trinajstić information content (AvgIpc) is 2.83. The first-order valence-electron chi connectivity index (χ1n) is 5.48. The van der Waals surface area contributed by atoms with Crippen molar-refractivity contribution in [3.05, 3.63) is 53.2 Å². The molecule has 19 heavy (non-hydrogen) atoms. The Bertz CT molecular complexity index is 740. The Morgan fingerprint density at radius 2 is 2.00 bits per heavy atom. The van der Waals surface area contributed by atoms with Gasteiger partial charge in [-0.05, 0) is 24.3 Å². The molecule has 0 atom stereocenters. The molecule has 1 aromatic carbocycles. The van der Waals surface area contributed by atoms with Crippen molar-refractivity contribution < 1.29 is 9.21 Å². The molecule has 0 radical (unpaired) electrons. The third-order valence-corrected chi connectivity index (χ3v) is 3.02. The smallest absolute Gasteiger partial charge is 0.291 e. The Morgan fingerprint density at radius 3 is 2.79 bits per heavy atom. The van der Waals surface area contributed by atoms with Crippen molar-refractivity contribution in [1.82, 2.24) is 9.97 Å². The van der Waals surface area contributed by atoms with Crippen LogP contribution >= 0.6 is 15.9 Å². The van der Waals surface area contributed by atoms with Gasteiger partial charge in [0.1, 0.15) is 11.9 Å². The van der Waals surface area contributed by atoms with Crippen LogP contribution in [0, 0.1) is 0 Å². The van der Waals surface area contributed by atoms with Crippen molar-refractivity contribution in [2.45, 2.75) is 0 Å². The fourth-order valence-electron chi connectivity index (χ4n) is 1.67. The minimum atomic E-state index is -0.331. The van der Waals surface area contributed by atoms with E-state index in [1.54, 1.807) is 6.07 Å². The van der Waals surface area contributed by atoms with Crippen LogP contribution in [0.2, 0.25) is 0 Å². The topological polar surface area (TPSA) is 68.0 Å². The number of furan rings is 1. The zero-order valence-electron chi connectivity index (χ0n) is 9.63. The van der Waals surface area contributed by atoms with Gasteiger partial charge in [-0.3, -0.25) is 4.79 Å². The van der Waals surface area contributed by atoms with E-state index in [1.165, 1.54) is 18.7 Å². The van der Waals surface area contributed by atoms with Crippen molar-refractivity contribution in [3.8, 4) is 0 Å². The van der Waals surface area contributed by atoms with E-state index in [2.05, 4.69) is 31.2 Å². The van der Waals surface area contributed by atoms with Crippen LogP contribution in [-0.2, 0) is 0 Å². The summed E-state index contributed by atoms with van der Waals surface area (Å²) >= 11 is 3.36. The Morgan fingerprint density at radius 1 is 1.21 bits per heavy atom. The van der Waals surface area contributed by atoms with Crippen LogP contribution in [0.3, 0.4) is 0 Å². The molecule has 0 saturated heterocycles. The number of benzene rings is 1. The van der Waals surface area contributed by atoms with Crippen LogP contribution < -0.4 is 5.32 Å². The van der Waals surface area contributed by atoms with E-state index >= 15 is 0 Å². The summed E-state index contributed by atoms with van der Waals surface area (Å²) in [5.41, 5.74) is 1.18. The van der Waals surface area contributed by atoms with Crippen LogP contribution in [0.1, 0.15) is 10.6 Å². The fraction of sp³-hybridized carbons (Fsp3) is 0. The summed E-state index contributed by atoms with van der Waals surface area (Å²) in [6.45, 7) is 0. The molecule has 94 valence electrons. The molecule has 0 unspecified atom stereocenters. The summed E-state index contributed by atoms with van der Waals surface area (Å²) in [4.78, 5) is 19.6. The van der Waals surface area contributed by atoms with E-state index in [0.717, 1.165) is 9.86 Å². The van der Waals surface area contributed by atoms with Crippen molar-refractivity contribution in [2.75, 3.05) is 5.32 Å². The van der Waals surface area contributed by atoms with E-state index in [-0.39, 0.29) is 11.7 Å². The Hall–Kier alpha value is -2.21. The first-order valence-corrected chi connectivity index (χ1v) is 6.27. The van der Waals surface area contributed by atoms with Gasteiger partial charge in [0.2, 0.25) is 0 Å². The van der Waals surface area contributed by atoms with Gasteiger partial charge in [-0.1, -0.05) is 15.9 Å². The number of nitrogens with one attached hydrogen (secondary N) is 1. The molecule has 0 aliphatic heterocycles.